The van der Waals surface area contributed by atoms with Crippen molar-refractivity contribution in [2.24, 2.45) is 11.5 Å². The van der Waals surface area contributed by atoms with Gasteiger partial charge in [0, 0.05) is 5.75 Å². The summed E-state index contributed by atoms with van der Waals surface area (Å²) in [5, 5.41) is 22.4. The molecule has 0 spiro atoms. The molecule has 8 N–H and O–H groups in total. The quantitative estimate of drug-likeness (QED) is 0.140. The van der Waals surface area contributed by atoms with Crippen molar-refractivity contribution in [3.63, 3.8) is 0 Å². The van der Waals surface area contributed by atoms with Crippen molar-refractivity contribution >= 4 is 45.3 Å². The predicted octanol–water partition coefficient (Wildman–Crippen LogP) is -1.55. The highest BCUT2D eigenvalue weighted by Crippen LogP contribution is 2.35. The van der Waals surface area contributed by atoms with E-state index >= 15 is 0 Å². The van der Waals surface area contributed by atoms with Gasteiger partial charge in [-0.25, -0.2) is 0 Å². The molecule has 0 bridgehead atoms. The Morgan fingerprint density at radius 3 is 1.83 bits per heavy atom. The van der Waals surface area contributed by atoms with E-state index in [9.17, 15) is 19.2 Å². The highest BCUT2D eigenvalue weighted by Gasteiger charge is 2.44. The Morgan fingerprint density at radius 2 is 1.50 bits per heavy atom. The summed E-state index contributed by atoms with van der Waals surface area (Å²) >= 11 is 0. The third-order valence-electron chi connectivity index (χ3n) is 2.45. The van der Waals surface area contributed by atoms with Gasteiger partial charge in [-0.3, -0.25) is 19.2 Å². The molecule has 0 rings (SSSR count). The first-order chi connectivity index (χ1) is 11.1. The van der Waals surface area contributed by atoms with Gasteiger partial charge in [-0.05, 0) is 22.9 Å². The maximum atomic E-state index is 11.6. The van der Waals surface area contributed by atoms with Crippen LogP contribution in [0, 0.1) is 0 Å². The summed E-state index contributed by atoms with van der Waals surface area (Å²) in [4.78, 5) is 43.3. The normalized spacial score (nSPS) is 13.2. The van der Waals surface area contributed by atoms with Gasteiger partial charge >= 0.3 is 11.9 Å². The second-order valence-corrected chi connectivity index (χ2v) is 6.84. The zero-order valence-electron chi connectivity index (χ0n) is 12.4. The van der Waals surface area contributed by atoms with Gasteiger partial charge in [0.15, 0.2) is 11.0 Å². The van der Waals surface area contributed by atoms with Crippen LogP contribution in [0.25, 0.3) is 0 Å². The molecule has 0 aliphatic heterocycles. The Bertz CT molecular complexity index is 520. The van der Waals surface area contributed by atoms with Crippen LogP contribution in [0.2, 0.25) is 0 Å². The van der Waals surface area contributed by atoms with Crippen molar-refractivity contribution in [3.05, 3.63) is 25.3 Å². The van der Waals surface area contributed by atoms with Crippen LogP contribution in [0.5, 0.6) is 0 Å². The number of carboxylic acid groups (broad SMARTS) is 2. The number of aliphatic carboxylic acids is 2. The summed E-state index contributed by atoms with van der Waals surface area (Å²) in [5.41, 5.74) is 10.9. The van der Waals surface area contributed by atoms with Crippen molar-refractivity contribution in [2.45, 2.75) is 17.1 Å². The second-order valence-electron chi connectivity index (χ2n) is 4.25. The molecule has 0 aliphatic rings. The van der Waals surface area contributed by atoms with E-state index < -0.39 is 40.8 Å². The summed E-state index contributed by atoms with van der Waals surface area (Å²) in [6.45, 7) is 6.47. The molecule has 0 aromatic rings. The zero-order valence-corrected chi connectivity index (χ0v) is 14.1. The molecule has 0 aromatic carbocycles. The molecule has 0 aromatic heterocycles. The van der Waals surface area contributed by atoms with Crippen molar-refractivity contribution in [2.75, 3.05) is 5.75 Å². The average molecular weight is 378 g/mol. The van der Waals surface area contributed by atoms with E-state index in [1.165, 1.54) is 0 Å². The van der Waals surface area contributed by atoms with Crippen LogP contribution < -0.4 is 22.1 Å². The van der Waals surface area contributed by atoms with E-state index in [0.717, 1.165) is 22.9 Å². The Hall–Kier alpha value is -2.02. The summed E-state index contributed by atoms with van der Waals surface area (Å²) in [5.74, 6) is -4.51. The molecule has 134 valence electrons. The standard InChI is InChI=1S/C12H18N4O6S2/c1-3-7(17)15-12(9(14)11(21)22,16-8(18)4-2)24-23-5-6(13)10(19)20/h3-4,6,9H,1-2,5,13-14H2,(H,15,17)(H,16,18)(H,19,20)(H,21,22)/t6-,9+/m0/s1. The molecule has 0 unspecified atom stereocenters. The fraction of sp³-hybridized carbons (Fsp3) is 0.333. The summed E-state index contributed by atoms with van der Waals surface area (Å²) in [6, 6.07) is -2.99. The predicted molar refractivity (Wildman–Crippen MR) is 90.7 cm³/mol. The van der Waals surface area contributed by atoms with Gasteiger partial charge in [0.25, 0.3) is 0 Å². The van der Waals surface area contributed by atoms with Crippen LogP contribution in [0.15, 0.2) is 25.3 Å². The fourth-order valence-corrected chi connectivity index (χ4v) is 3.99. The van der Waals surface area contributed by atoms with E-state index in [-0.39, 0.29) is 5.75 Å². The van der Waals surface area contributed by atoms with Crippen LogP contribution in [-0.4, -0.2) is 56.8 Å². The lowest BCUT2D eigenvalue weighted by atomic mass is 10.2. The summed E-state index contributed by atoms with van der Waals surface area (Å²) in [7, 11) is 1.46. The number of nitrogens with two attached hydrogens (primary N) is 2. The monoisotopic (exact) mass is 378 g/mol. The molecule has 10 nitrogen and oxygen atoms in total. The van der Waals surface area contributed by atoms with E-state index in [1.807, 2.05) is 0 Å². The van der Waals surface area contributed by atoms with Crippen molar-refractivity contribution in [1.29, 1.82) is 0 Å². The van der Waals surface area contributed by atoms with Crippen molar-refractivity contribution < 1.29 is 29.4 Å². The Kier molecular flexibility index (Phi) is 9.13. The molecule has 0 radical (unpaired) electrons. The largest absolute Gasteiger partial charge is 0.480 e. The molecule has 0 heterocycles. The molecule has 2 atom stereocenters. The molecule has 0 fully saturated rings. The number of nitrogens with one attached hydrogen (secondary N) is 2. The molecular formula is C12H18N4O6S2. The number of amides is 2. The molecule has 24 heavy (non-hydrogen) atoms. The molecule has 0 saturated heterocycles. The van der Waals surface area contributed by atoms with Crippen LogP contribution >= 0.6 is 21.6 Å². The van der Waals surface area contributed by atoms with Crippen LogP contribution in [0.4, 0.5) is 0 Å². The lowest BCUT2D eigenvalue weighted by Crippen LogP contribution is -2.69. The Balaban J connectivity index is 5.52. The smallest absolute Gasteiger partial charge is 0.325 e. The lowest BCUT2D eigenvalue weighted by Gasteiger charge is -2.36. The lowest BCUT2D eigenvalue weighted by molar-refractivity contribution is -0.140. The van der Waals surface area contributed by atoms with Crippen LogP contribution in [-0.2, 0) is 19.2 Å². The number of rotatable bonds is 11. The zero-order chi connectivity index (χ0) is 18.9. The molecular weight excluding hydrogens is 360 g/mol. The minimum Gasteiger partial charge on any atom is -0.480 e. The van der Waals surface area contributed by atoms with Gasteiger partial charge in [-0.1, -0.05) is 24.0 Å². The van der Waals surface area contributed by atoms with E-state index in [0.29, 0.717) is 10.8 Å². The molecule has 0 saturated carbocycles. The first-order valence-electron chi connectivity index (χ1n) is 6.26. The number of hydrogen-bond donors (Lipinski definition) is 6. The van der Waals surface area contributed by atoms with Gasteiger partial charge in [0.2, 0.25) is 11.8 Å². The van der Waals surface area contributed by atoms with Crippen molar-refractivity contribution in [1.82, 2.24) is 10.6 Å². The molecule has 12 heteroatoms. The Labute approximate surface area is 145 Å². The molecule has 0 aliphatic carbocycles. The number of carboxylic acids is 2. The van der Waals surface area contributed by atoms with E-state index in [2.05, 4.69) is 23.8 Å². The fourth-order valence-electron chi connectivity index (χ4n) is 1.19. The van der Waals surface area contributed by atoms with Gasteiger partial charge in [-0.15, -0.1) is 0 Å². The number of hydrogen-bond acceptors (Lipinski definition) is 8. The van der Waals surface area contributed by atoms with Crippen LogP contribution in [0.1, 0.15) is 0 Å². The summed E-state index contributed by atoms with van der Waals surface area (Å²) < 4.78 is 0. The SMILES string of the molecule is C=CC(=O)NC(NC(=O)C=C)(SSC[C@H](N)C(=O)O)[C@H](N)C(=O)O. The number of carbonyl (C=O) groups excluding carboxylic acids is 2. The first kappa shape index (κ1) is 22.0. The van der Waals surface area contributed by atoms with Crippen molar-refractivity contribution in [3.8, 4) is 0 Å². The average Bonchev–Trinajstić information content (AvgIpc) is 2.52. The van der Waals surface area contributed by atoms with Gasteiger partial charge in [0.1, 0.15) is 6.04 Å². The minimum atomic E-state index is -1.98. The Morgan fingerprint density at radius 1 is 1.04 bits per heavy atom. The highest BCUT2D eigenvalue weighted by atomic mass is 33.1. The van der Waals surface area contributed by atoms with E-state index in [1.54, 1.807) is 0 Å². The maximum Gasteiger partial charge on any atom is 0.325 e. The topological polar surface area (TPSA) is 185 Å². The minimum absolute atomic E-state index is 0.137. The molecule has 2 amide bonds. The second kappa shape index (κ2) is 9.97. The van der Waals surface area contributed by atoms with Crippen LogP contribution in [0.3, 0.4) is 0 Å². The third kappa shape index (κ3) is 6.62. The number of carbonyl (C=O) groups is 4. The first-order valence-corrected chi connectivity index (χ1v) is 8.58. The maximum absolute atomic E-state index is 11.6. The summed E-state index contributed by atoms with van der Waals surface area (Å²) in [6.07, 6.45) is 1.72. The highest BCUT2D eigenvalue weighted by molar-refractivity contribution is 8.77. The van der Waals surface area contributed by atoms with Gasteiger partial charge < -0.3 is 32.3 Å². The third-order valence-corrected chi connectivity index (χ3v) is 5.33. The van der Waals surface area contributed by atoms with Gasteiger partial charge in [0.05, 0.1) is 0 Å². The van der Waals surface area contributed by atoms with E-state index in [4.69, 9.17) is 21.7 Å². The van der Waals surface area contributed by atoms with Gasteiger partial charge in [-0.2, -0.15) is 0 Å².